The van der Waals surface area contributed by atoms with Gasteiger partial charge < -0.3 is 19.8 Å². The van der Waals surface area contributed by atoms with E-state index in [4.69, 9.17) is 5.11 Å². The minimum atomic E-state index is -0.925. The van der Waals surface area contributed by atoms with Crippen molar-refractivity contribution < 1.29 is 19.5 Å². The highest BCUT2D eigenvalue weighted by atomic mass is 16.4. The highest BCUT2D eigenvalue weighted by molar-refractivity contribution is 5.99. The summed E-state index contributed by atoms with van der Waals surface area (Å²) in [4.78, 5) is 40.0. The molecule has 0 saturated carbocycles. The van der Waals surface area contributed by atoms with E-state index in [0.29, 0.717) is 13.1 Å². The first-order valence-corrected chi connectivity index (χ1v) is 8.09. The van der Waals surface area contributed by atoms with E-state index in [1.165, 1.54) is 4.90 Å². The van der Waals surface area contributed by atoms with Crippen LogP contribution in [-0.2, 0) is 14.4 Å². The molecule has 1 unspecified atom stereocenters. The summed E-state index contributed by atoms with van der Waals surface area (Å²) in [5, 5.41) is 9.06. The highest BCUT2D eigenvalue weighted by Crippen LogP contribution is 2.27. The summed E-state index contributed by atoms with van der Waals surface area (Å²) in [6.45, 7) is 4.79. The van der Waals surface area contributed by atoms with E-state index < -0.39 is 11.9 Å². The maximum Gasteiger partial charge on any atom is 0.308 e. The quantitative estimate of drug-likeness (QED) is 0.886. The van der Waals surface area contributed by atoms with Crippen LogP contribution in [0.2, 0.25) is 0 Å². The first kappa shape index (κ1) is 16.3. The van der Waals surface area contributed by atoms with E-state index in [-0.39, 0.29) is 24.8 Å². The maximum absolute atomic E-state index is 12.0. The Hall–Kier alpha value is -2.57. The molecule has 2 amide bonds. The maximum atomic E-state index is 12.0. The van der Waals surface area contributed by atoms with Crippen molar-refractivity contribution in [3.05, 3.63) is 24.3 Å². The van der Waals surface area contributed by atoms with Gasteiger partial charge in [-0.1, -0.05) is 0 Å². The van der Waals surface area contributed by atoms with Gasteiger partial charge in [-0.2, -0.15) is 0 Å². The van der Waals surface area contributed by atoms with Gasteiger partial charge in [0.2, 0.25) is 11.8 Å². The second-order valence-electron chi connectivity index (χ2n) is 6.25. The van der Waals surface area contributed by atoms with Crippen LogP contribution in [0.15, 0.2) is 24.3 Å². The van der Waals surface area contributed by atoms with Crippen molar-refractivity contribution in [2.24, 2.45) is 5.92 Å². The third-order valence-electron chi connectivity index (χ3n) is 4.73. The van der Waals surface area contributed by atoms with Crippen molar-refractivity contribution in [2.45, 2.75) is 13.3 Å². The molecule has 1 N–H and O–H groups in total. The van der Waals surface area contributed by atoms with Gasteiger partial charge >= 0.3 is 5.97 Å². The van der Waals surface area contributed by atoms with Crippen molar-refractivity contribution in [3.8, 4) is 0 Å². The second kappa shape index (κ2) is 6.51. The van der Waals surface area contributed by atoms with Crippen LogP contribution in [0.4, 0.5) is 11.4 Å². The van der Waals surface area contributed by atoms with Crippen LogP contribution in [-0.4, -0.2) is 60.5 Å². The van der Waals surface area contributed by atoms with Crippen LogP contribution in [0.25, 0.3) is 0 Å². The first-order valence-electron chi connectivity index (χ1n) is 8.09. The van der Waals surface area contributed by atoms with Gasteiger partial charge in [0.15, 0.2) is 0 Å². The predicted molar refractivity (Wildman–Crippen MR) is 89.0 cm³/mol. The average molecular weight is 331 g/mol. The number of piperazine rings is 1. The molecule has 128 valence electrons. The molecule has 2 aliphatic rings. The molecule has 2 aliphatic heterocycles. The number of hydrogen-bond acceptors (Lipinski definition) is 4. The molecule has 7 nitrogen and oxygen atoms in total. The van der Waals surface area contributed by atoms with E-state index in [2.05, 4.69) is 4.90 Å². The Balaban J connectivity index is 1.65. The van der Waals surface area contributed by atoms with E-state index in [0.717, 1.165) is 24.5 Å². The van der Waals surface area contributed by atoms with Gasteiger partial charge in [-0.15, -0.1) is 0 Å². The van der Waals surface area contributed by atoms with Crippen LogP contribution in [0.1, 0.15) is 13.3 Å². The molecule has 7 heteroatoms. The summed E-state index contributed by atoms with van der Waals surface area (Å²) >= 11 is 0. The van der Waals surface area contributed by atoms with Gasteiger partial charge in [-0.05, 0) is 24.3 Å². The number of hydrogen-bond donors (Lipinski definition) is 1. The standard InChI is InChI=1S/C17H21N3O4/c1-12(21)18-6-8-19(9-7-18)14-2-4-15(5-3-14)20-11-13(17(23)24)10-16(20)22/h2-5,13H,6-11H2,1H3,(H,23,24). The Bertz CT molecular complexity index is 650. The van der Waals surface area contributed by atoms with Crippen LogP contribution in [0.3, 0.4) is 0 Å². The van der Waals surface area contributed by atoms with Crippen molar-refractivity contribution in [1.29, 1.82) is 0 Å². The van der Waals surface area contributed by atoms with E-state index in [9.17, 15) is 14.4 Å². The predicted octanol–water partition coefficient (Wildman–Crippen LogP) is 0.793. The van der Waals surface area contributed by atoms with Gasteiger partial charge in [-0.25, -0.2) is 0 Å². The van der Waals surface area contributed by atoms with E-state index in [1.54, 1.807) is 6.92 Å². The Kier molecular flexibility index (Phi) is 4.42. The number of carbonyl (C=O) groups is 3. The molecular formula is C17H21N3O4. The number of nitrogens with zero attached hydrogens (tertiary/aromatic N) is 3. The zero-order valence-corrected chi connectivity index (χ0v) is 13.6. The monoisotopic (exact) mass is 331 g/mol. The highest BCUT2D eigenvalue weighted by Gasteiger charge is 2.35. The number of amides is 2. The molecule has 3 rings (SSSR count). The zero-order chi connectivity index (χ0) is 17.3. The summed E-state index contributed by atoms with van der Waals surface area (Å²) in [6, 6.07) is 7.60. The van der Waals surface area contributed by atoms with Gasteiger partial charge in [0, 0.05) is 57.4 Å². The number of carbonyl (C=O) groups excluding carboxylic acids is 2. The molecule has 1 aromatic rings. The Morgan fingerprint density at radius 2 is 1.62 bits per heavy atom. The fourth-order valence-corrected chi connectivity index (χ4v) is 3.25. The largest absolute Gasteiger partial charge is 0.481 e. The number of aliphatic carboxylic acids is 1. The molecule has 1 aromatic carbocycles. The lowest BCUT2D eigenvalue weighted by atomic mass is 10.1. The van der Waals surface area contributed by atoms with Gasteiger partial charge in [0.25, 0.3) is 0 Å². The van der Waals surface area contributed by atoms with Crippen LogP contribution in [0, 0.1) is 5.92 Å². The Labute approximate surface area is 140 Å². The van der Waals surface area contributed by atoms with Crippen LogP contribution >= 0.6 is 0 Å². The molecule has 0 aromatic heterocycles. The molecule has 0 aliphatic carbocycles. The Morgan fingerprint density at radius 1 is 1.04 bits per heavy atom. The molecule has 2 heterocycles. The molecule has 2 fully saturated rings. The number of rotatable bonds is 3. The van der Waals surface area contributed by atoms with Gasteiger partial charge in [0.05, 0.1) is 5.92 Å². The molecule has 2 saturated heterocycles. The minimum absolute atomic E-state index is 0.0596. The number of anilines is 2. The summed E-state index contributed by atoms with van der Waals surface area (Å²) < 4.78 is 0. The summed E-state index contributed by atoms with van der Waals surface area (Å²) in [6.07, 6.45) is 0.0596. The van der Waals surface area contributed by atoms with E-state index in [1.807, 2.05) is 29.2 Å². The van der Waals surface area contributed by atoms with Crippen LogP contribution < -0.4 is 9.80 Å². The lowest BCUT2D eigenvalue weighted by molar-refractivity contribution is -0.141. The summed E-state index contributed by atoms with van der Waals surface area (Å²) in [5.41, 5.74) is 1.78. The van der Waals surface area contributed by atoms with Gasteiger partial charge in [0.1, 0.15) is 0 Å². The average Bonchev–Trinajstić information content (AvgIpc) is 2.97. The molecular weight excluding hydrogens is 310 g/mol. The van der Waals surface area contributed by atoms with Gasteiger partial charge in [-0.3, -0.25) is 14.4 Å². The van der Waals surface area contributed by atoms with Crippen molar-refractivity contribution in [1.82, 2.24) is 4.90 Å². The molecule has 24 heavy (non-hydrogen) atoms. The molecule has 0 bridgehead atoms. The third kappa shape index (κ3) is 3.20. The topological polar surface area (TPSA) is 81.2 Å². The lowest BCUT2D eigenvalue weighted by Gasteiger charge is -2.35. The van der Waals surface area contributed by atoms with E-state index >= 15 is 0 Å². The smallest absolute Gasteiger partial charge is 0.308 e. The first-order chi connectivity index (χ1) is 11.5. The molecule has 1 atom stereocenters. The fourth-order valence-electron chi connectivity index (χ4n) is 3.25. The van der Waals surface area contributed by atoms with Crippen LogP contribution in [0.5, 0.6) is 0 Å². The number of carboxylic acids is 1. The summed E-state index contributed by atoms with van der Waals surface area (Å²) in [5.74, 6) is -1.60. The van der Waals surface area contributed by atoms with Crippen molar-refractivity contribution in [3.63, 3.8) is 0 Å². The second-order valence-corrected chi connectivity index (χ2v) is 6.25. The van der Waals surface area contributed by atoms with Crippen molar-refractivity contribution >= 4 is 29.2 Å². The number of carboxylic acid groups (broad SMARTS) is 1. The summed E-state index contributed by atoms with van der Waals surface area (Å²) in [7, 11) is 0. The SMILES string of the molecule is CC(=O)N1CCN(c2ccc(N3CC(C(=O)O)CC3=O)cc2)CC1. The lowest BCUT2D eigenvalue weighted by Crippen LogP contribution is -2.48. The molecule has 0 spiro atoms. The third-order valence-corrected chi connectivity index (χ3v) is 4.73. The van der Waals surface area contributed by atoms with Crippen molar-refractivity contribution in [2.75, 3.05) is 42.5 Å². The minimum Gasteiger partial charge on any atom is -0.481 e. The Morgan fingerprint density at radius 3 is 2.12 bits per heavy atom. The normalized spacial score (nSPS) is 21.3. The molecule has 0 radical (unpaired) electrons. The number of benzene rings is 1. The zero-order valence-electron chi connectivity index (χ0n) is 13.6. The fraction of sp³-hybridized carbons (Fsp3) is 0.471.